The highest BCUT2D eigenvalue weighted by Gasteiger charge is 2.41. The van der Waals surface area contributed by atoms with Crippen molar-refractivity contribution in [2.45, 2.75) is 89.8 Å². The van der Waals surface area contributed by atoms with Gasteiger partial charge in [-0.3, -0.25) is 4.74 Å². The molecule has 0 spiro atoms. The zero-order valence-electron chi connectivity index (χ0n) is 15.0. The third-order valence-electron chi connectivity index (χ3n) is 6.74. The first-order valence-electron chi connectivity index (χ1n) is 9.89. The Bertz CT molecular complexity index is 465. The normalized spacial score (nSPS) is 40.6. The number of alkyl halides is 4. The van der Waals surface area contributed by atoms with Gasteiger partial charge in [0.15, 0.2) is 0 Å². The van der Waals surface area contributed by atoms with E-state index in [9.17, 15) is 17.6 Å². The highest BCUT2D eigenvalue weighted by Crippen LogP contribution is 2.43. The Morgan fingerprint density at radius 3 is 2.24 bits per heavy atom. The quantitative estimate of drug-likeness (QED) is 0.407. The average Bonchev–Trinajstić information content (AvgIpc) is 2.56. The van der Waals surface area contributed by atoms with Gasteiger partial charge in [0.1, 0.15) is 6.17 Å². The summed E-state index contributed by atoms with van der Waals surface area (Å²) in [5.41, 5.74) is 1.29. The fourth-order valence-corrected chi connectivity index (χ4v) is 5.16. The van der Waals surface area contributed by atoms with Crippen molar-refractivity contribution < 1.29 is 22.3 Å². The second kappa shape index (κ2) is 7.98. The number of ether oxygens (including phenoxy) is 1. The molecular weight excluding hydrogens is 332 g/mol. The summed E-state index contributed by atoms with van der Waals surface area (Å²) < 4.78 is 55.0. The van der Waals surface area contributed by atoms with E-state index in [2.05, 4.69) is 17.7 Å². The Hall–Kier alpha value is -0.580. The molecule has 0 aromatic rings. The van der Waals surface area contributed by atoms with Crippen LogP contribution < -0.4 is 0 Å². The molecule has 1 nitrogen and oxygen atoms in total. The molecule has 3 aliphatic rings. The first-order valence-corrected chi connectivity index (χ1v) is 9.89. The van der Waals surface area contributed by atoms with Crippen LogP contribution in [-0.2, 0) is 4.74 Å². The van der Waals surface area contributed by atoms with E-state index in [1.807, 2.05) is 0 Å². The summed E-state index contributed by atoms with van der Waals surface area (Å²) in [5, 5.41) is 0. The minimum absolute atomic E-state index is 0.107. The SMILES string of the molecule is CC1CCC(C2CC=C(C3CCC(OC(F)(F)F)C(F)C3)CC2)CC1. The summed E-state index contributed by atoms with van der Waals surface area (Å²) in [4.78, 5) is 0. The molecule has 0 N–H and O–H groups in total. The zero-order valence-corrected chi connectivity index (χ0v) is 15.0. The number of hydrogen-bond donors (Lipinski definition) is 0. The van der Waals surface area contributed by atoms with E-state index in [-0.39, 0.29) is 18.8 Å². The van der Waals surface area contributed by atoms with Gasteiger partial charge in [-0.1, -0.05) is 31.4 Å². The van der Waals surface area contributed by atoms with Crippen molar-refractivity contribution in [3.63, 3.8) is 0 Å². The van der Waals surface area contributed by atoms with Crippen molar-refractivity contribution in [2.24, 2.45) is 23.7 Å². The summed E-state index contributed by atoms with van der Waals surface area (Å²) in [7, 11) is 0. The van der Waals surface area contributed by atoms with E-state index in [0.29, 0.717) is 6.42 Å². The molecule has 4 unspecified atom stereocenters. The molecule has 3 rings (SSSR count). The minimum atomic E-state index is -4.74. The molecule has 0 aromatic carbocycles. The molecule has 5 heteroatoms. The van der Waals surface area contributed by atoms with E-state index in [1.165, 1.54) is 37.7 Å². The molecule has 0 amide bonds. The molecule has 2 fully saturated rings. The third kappa shape index (κ3) is 5.21. The van der Waals surface area contributed by atoms with Gasteiger partial charge in [-0.25, -0.2) is 4.39 Å². The predicted octanol–water partition coefficient (Wildman–Crippen LogP) is 6.58. The molecular formula is C20H30F4O. The Morgan fingerprint density at radius 2 is 1.68 bits per heavy atom. The smallest absolute Gasteiger partial charge is 0.286 e. The summed E-state index contributed by atoms with van der Waals surface area (Å²) in [6, 6.07) is 0. The van der Waals surface area contributed by atoms with Crippen LogP contribution in [0.5, 0.6) is 0 Å². The summed E-state index contributed by atoms with van der Waals surface area (Å²) >= 11 is 0. The van der Waals surface area contributed by atoms with Gasteiger partial charge in [-0.15, -0.1) is 13.2 Å². The van der Waals surface area contributed by atoms with Crippen molar-refractivity contribution in [2.75, 3.05) is 0 Å². The van der Waals surface area contributed by atoms with Gasteiger partial charge in [0.25, 0.3) is 0 Å². The lowest BCUT2D eigenvalue weighted by Crippen LogP contribution is -2.37. The molecule has 2 saturated carbocycles. The molecule has 144 valence electrons. The minimum Gasteiger partial charge on any atom is -0.286 e. The van der Waals surface area contributed by atoms with Gasteiger partial charge in [-0.05, 0) is 75.0 Å². The van der Waals surface area contributed by atoms with Crippen LogP contribution in [0.4, 0.5) is 17.6 Å². The van der Waals surface area contributed by atoms with Gasteiger partial charge in [0.05, 0.1) is 6.10 Å². The molecule has 0 heterocycles. The number of allylic oxidation sites excluding steroid dienone is 2. The molecule has 0 bridgehead atoms. The highest BCUT2D eigenvalue weighted by atomic mass is 19.4. The van der Waals surface area contributed by atoms with E-state index in [0.717, 1.165) is 30.6 Å². The number of rotatable bonds is 3. The summed E-state index contributed by atoms with van der Waals surface area (Å²) in [6.45, 7) is 2.33. The van der Waals surface area contributed by atoms with Crippen LogP contribution in [0, 0.1) is 23.7 Å². The van der Waals surface area contributed by atoms with E-state index < -0.39 is 18.6 Å². The molecule has 0 radical (unpaired) electrons. The van der Waals surface area contributed by atoms with E-state index in [1.54, 1.807) is 0 Å². The second-order valence-electron chi connectivity index (χ2n) is 8.46. The molecule has 3 aliphatic carbocycles. The van der Waals surface area contributed by atoms with Crippen LogP contribution in [0.15, 0.2) is 11.6 Å². The zero-order chi connectivity index (χ0) is 18.0. The molecule has 0 saturated heterocycles. The summed E-state index contributed by atoms with van der Waals surface area (Å²) in [5.74, 6) is 2.55. The van der Waals surface area contributed by atoms with Crippen molar-refractivity contribution in [1.82, 2.24) is 0 Å². The first-order chi connectivity index (χ1) is 11.8. The standard InChI is InChI=1S/C20H30F4O/c1-13-2-4-14(5-3-13)15-6-8-16(9-7-15)17-10-11-19(18(21)12-17)25-20(22,23)24/h8,13-15,17-19H,2-7,9-12H2,1H3. The van der Waals surface area contributed by atoms with Crippen LogP contribution in [0.2, 0.25) is 0 Å². The van der Waals surface area contributed by atoms with Gasteiger partial charge in [-0.2, -0.15) is 0 Å². The maximum atomic E-state index is 14.1. The van der Waals surface area contributed by atoms with Crippen LogP contribution in [-0.4, -0.2) is 18.6 Å². The second-order valence-corrected chi connectivity index (χ2v) is 8.46. The highest BCUT2D eigenvalue weighted by molar-refractivity contribution is 5.13. The maximum Gasteiger partial charge on any atom is 0.522 e. The van der Waals surface area contributed by atoms with Gasteiger partial charge in [0, 0.05) is 0 Å². The third-order valence-corrected chi connectivity index (χ3v) is 6.74. The number of halogens is 4. The molecule has 0 aliphatic heterocycles. The topological polar surface area (TPSA) is 9.23 Å². The van der Waals surface area contributed by atoms with Crippen molar-refractivity contribution >= 4 is 0 Å². The predicted molar refractivity (Wildman–Crippen MR) is 89.7 cm³/mol. The lowest BCUT2D eigenvalue weighted by atomic mass is 9.69. The van der Waals surface area contributed by atoms with Crippen LogP contribution >= 0.6 is 0 Å². The lowest BCUT2D eigenvalue weighted by molar-refractivity contribution is -0.351. The largest absolute Gasteiger partial charge is 0.522 e. The lowest BCUT2D eigenvalue weighted by Gasteiger charge is -2.38. The molecule has 4 atom stereocenters. The van der Waals surface area contributed by atoms with Gasteiger partial charge < -0.3 is 0 Å². The summed E-state index contributed by atoms with van der Waals surface area (Å²) in [6.07, 6.45) is 4.24. The Morgan fingerprint density at radius 1 is 0.960 bits per heavy atom. The monoisotopic (exact) mass is 362 g/mol. The first kappa shape index (κ1) is 19.2. The van der Waals surface area contributed by atoms with E-state index >= 15 is 0 Å². The Labute approximate surface area is 148 Å². The maximum absolute atomic E-state index is 14.1. The number of hydrogen-bond acceptors (Lipinski definition) is 1. The van der Waals surface area contributed by atoms with Crippen molar-refractivity contribution in [3.05, 3.63) is 11.6 Å². The fourth-order valence-electron chi connectivity index (χ4n) is 5.16. The average molecular weight is 362 g/mol. The van der Waals surface area contributed by atoms with Gasteiger partial charge >= 0.3 is 6.36 Å². The van der Waals surface area contributed by atoms with Gasteiger partial charge in [0.2, 0.25) is 0 Å². The Kier molecular flexibility index (Phi) is 6.12. The molecule has 0 aromatic heterocycles. The fraction of sp³-hybridized carbons (Fsp3) is 0.900. The Balaban J connectivity index is 1.49. The van der Waals surface area contributed by atoms with Crippen LogP contribution in [0.3, 0.4) is 0 Å². The molecule has 25 heavy (non-hydrogen) atoms. The van der Waals surface area contributed by atoms with Crippen LogP contribution in [0.25, 0.3) is 0 Å². The van der Waals surface area contributed by atoms with E-state index in [4.69, 9.17) is 0 Å². The van der Waals surface area contributed by atoms with Crippen molar-refractivity contribution in [1.29, 1.82) is 0 Å². The van der Waals surface area contributed by atoms with Crippen molar-refractivity contribution in [3.8, 4) is 0 Å². The van der Waals surface area contributed by atoms with Crippen LogP contribution in [0.1, 0.15) is 71.1 Å².